The molecule has 6 heteroatoms. The van der Waals surface area contributed by atoms with E-state index < -0.39 is 0 Å². The van der Waals surface area contributed by atoms with Gasteiger partial charge in [0.1, 0.15) is 6.26 Å². The highest BCUT2D eigenvalue weighted by atomic mass is 127. The summed E-state index contributed by atoms with van der Waals surface area (Å²) in [5, 5.41) is 6.60. The lowest BCUT2D eigenvalue weighted by molar-refractivity contribution is 0.572. The Bertz CT molecular complexity index is 890. The molecule has 0 spiro atoms. The van der Waals surface area contributed by atoms with Crippen LogP contribution in [0.3, 0.4) is 0 Å². The smallest absolute Gasteiger partial charge is 0.226 e. The van der Waals surface area contributed by atoms with E-state index in [-0.39, 0.29) is 24.0 Å². The summed E-state index contributed by atoms with van der Waals surface area (Å²) in [5.41, 5.74) is 5.60. The monoisotopic (exact) mass is 476 g/mol. The Kier molecular flexibility index (Phi) is 7.84. The number of guanidine groups is 1. The summed E-state index contributed by atoms with van der Waals surface area (Å²) in [6.07, 6.45) is 1.67. The highest BCUT2D eigenvalue weighted by Gasteiger charge is 2.07. The van der Waals surface area contributed by atoms with Crippen LogP contribution in [-0.2, 0) is 13.1 Å². The van der Waals surface area contributed by atoms with E-state index in [1.165, 1.54) is 16.7 Å². The van der Waals surface area contributed by atoms with Gasteiger partial charge >= 0.3 is 0 Å². The van der Waals surface area contributed by atoms with Gasteiger partial charge in [-0.15, -0.1) is 24.0 Å². The van der Waals surface area contributed by atoms with Crippen LogP contribution in [0.15, 0.2) is 64.2 Å². The van der Waals surface area contributed by atoms with E-state index in [1.54, 1.807) is 13.3 Å². The molecule has 0 unspecified atom stereocenters. The van der Waals surface area contributed by atoms with Gasteiger partial charge < -0.3 is 15.1 Å². The van der Waals surface area contributed by atoms with Crippen molar-refractivity contribution in [1.29, 1.82) is 0 Å². The Morgan fingerprint density at radius 2 is 1.78 bits per heavy atom. The van der Waals surface area contributed by atoms with Crippen LogP contribution < -0.4 is 10.6 Å². The molecule has 5 nitrogen and oxygen atoms in total. The molecule has 0 radical (unpaired) electrons. The Hall–Kier alpha value is -2.35. The van der Waals surface area contributed by atoms with Crippen molar-refractivity contribution in [1.82, 2.24) is 15.6 Å². The van der Waals surface area contributed by atoms with Gasteiger partial charge in [-0.05, 0) is 37.1 Å². The number of halogens is 1. The summed E-state index contributed by atoms with van der Waals surface area (Å²) in [7, 11) is 1.76. The van der Waals surface area contributed by atoms with Gasteiger partial charge in [-0.1, -0.05) is 42.0 Å². The summed E-state index contributed by atoms with van der Waals surface area (Å²) < 4.78 is 5.56. The van der Waals surface area contributed by atoms with Crippen LogP contribution in [0, 0.1) is 13.8 Å². The molecule has 27 heavy (non-hydrogen) atoms. The summed E-state index contributed by atoms with van der Waals surface area (Å²) in [4.78, 5) is 8.78. The number of oxazole rings is 1. The minimum Gasteiger partial charge on any atom is -0.444 e. The van der Waals surface area contributed by atoms with E-state index >= 15 is 0 Å². The quantitative estimate of drug-likeness (QED) is 0.325. The molecule has 2 aromatic carbocycles. The topological polar surface area (TPSA) is 62.5 Å². The maximum atomic E-state index is 5.56. The molecular formula is C21H25IN4O. The van der Waals surface area contributed by atoms with Gasteiger partial charge in [0, 0.05) is 19.2 Å². The Balaban J connectivity index is 0.00000261. The van der Waals surface area contributed by atoms with Gasteiger partial charge in [-0.2, -0.15) is 0 Å². The fourth-order valence-electron chi connectivity index (χ4n) is 2.72. The molecule has 0 fully saturated rings. The number of nitrogens with one attached hydrogen (secondary N) is 2. The number of rotatable bonds is 5. The van der Waals surface area contributed by atoms with Gasteiger partial charge in [0.2, 0.25) is 5.89 Å². The maximum Gasteiger partial charge on any atom is 0.226 e. The van der Waals surface area contributed by atoms with Gasteiger partial charge in [0.15, 0.2) is 5.96 Å². The molecule has 3 aromatic rings. The molecule has 0 saturated carbocycles. The van der Waals surface area contributed by atoms with E-state index in [0.717, 1.165) is 23.8 Å². The molecule has 1 aromatic heterocycles. The molecular weight excluding hydrogens is 451 g/mol. The van der Waals surface area contributed by atoms with Crippen molar-refractivity contribution in [3.8, 4) is 11.5 Å². The fourth-order valence-corrected chi connectivity index (χ4v) is 2.72. The van der Waals surface area contributed by atoms with E-state index in [2.05, 4.69) is 52.7 Å². The van der Waals surface area contributed by atoms with Crippen molar-refractivity contribution < 1.29 is 4.42 Å². The Morgan fingerprint density at radius 3 is 2.48 bits per heavy atom. The minimum absolute atomic E-state index is 0. The van der Waals surface area contributed by atoms with E-state index in [9.17, 15) is 0 Å². The minimum atomic E-state index is 0. The number of benzene rings is 2. The van der Waals surface area contributed by atoms with Crippen molar-refractivity contribution in [2.24, 2.45) is 4.99 Å². The highest BCUT2D eigenvalue weighted by Crippen LogP contribution is 2.17. The van der Waals surface area contributed by atoms with Crippen molar-refractivity contribution in [2.75, 3.05) is 7.05 Å². The van der Waals surface area contributed by atoms with Gasteiger partial charge in [0.25, 0.3) is 0 Å². The Labute approximate surface area is 177 Å². The third-order valence-corrected chi connectivity index (χ3v) is 4.18. The number of nitrogens with zero attached hydrogens (tertiary/aromatic N) is 2. The first-order chi connectivity index (χ1) is 12.7. The SMILES string of the molecule is CN=C(NCc1coc(-c2ccccc2)n1)NCc1ccc(C)cc1C.I. The summed E-state index contributed by atoms with van der Waals surface area (Å²) in [6.45, 7) is 5.50. The number of aryl methyl sites for hydroxylation is 2. The average Bonchev–Trinajstić information content (AvgIpc) is 3.13. The second-order valence-electron chi connectivity index (χ2n) is 6.22. The maximum absolute atomic E-state index is 5.56. The van der Waals surface area contributed by atoms with Gasteiger partial charge in [-0.3, -0.25) is 4.99 Å². The molecule has 0 aliphatic rings. The average molecular weight is 476 g/mol. The van der Waals surface area contributed by atoms with E-state index in [4.69, 9.17) is 4.42 Å². The zero-order valence-electron chi connectivity index (χ0n) is 15.8. The molecule has 0 aliphatic carbocycles. The fraction of sp³-hybridized carbons (Fsp3) is 0.238. The zero-order chi connectivity index (χ0) is 18.4. The van der Waals surface area contributed by atoms with Gasteiger partial charge in [-0.25, -0.2) is 4.98 Å². The lowest BCUT2D eigenvalue weighted by Gasteiger charge is -2.12. The first-order valence-corrected chi connectivity index (χ1v) is 8.66. The van der Waals surface area contributed by atoms with Crippen LogP contribution in [0.2, 0.25) is 0 Å². The van der Waals surface area contributed by atoms with Crippen LogP contribution >= 0.6 is 24.0 Å². The normalized spacial score (nSPS) is 11.0. The number of aliphatic imine (C=N–C) groups is 1. The van der Waals surface area contributed by atoms with Crippen molar-refractivity contribution in [3.63, 3.8) is 0 Å². The van der Waals surface area contributed by atoms with Crippen molar-refractivity contribution in [3.05, 3.63) is 77.2 Å². The summed E-state index contributed by atoms with van der Waals surface area (Å²) >= 11 is 0. The molecule has 2 N–H and O–H groups in total. The second kappa shape index (κ2) is 10.1. The lowest BCUT2D eigenvalue weighted by Crippen LogP contribution is -2.36. The van der Waals surface area contributed by atoms with E-state index in [0.29, 0.717) is 12.4 Å². The van der Waals surface area contributed by atoms with Crippen molar-refractivity contribution >= 4 is 29.9 Å². The number of hydrogen-bond donors (Lipinski definition) is 2. The third kappa shape index (κ3) is 5.82. The predicted octanol–water partition coefficient (Wildman–Crippen LogP) is 4.44. The molecule has 0 amide bonds. The first kappa shape index (κ1) is 21.0. The molecule has 0 atom stereocenters. The van der Waals surface area contributed by atoms with Crippen LogP contribution in [0.1, 0.15) is 22.4 Å². The predicted molar refractivity (Wildman–Crippen MR) is 120 cm³/mol. The molecule has 0 aliphatic heterocycles. The molecule has 142 valence electrons. The first-order valence-electron chi connectivity index (χ1n) is 8.66. The standard InChI is InChI=1S/C21H24N4O.HI/c1-15-9-10-18(16(2)11-15)12-23-21(22-3)24-13-19-14-26-20(25-19)17-7-5-4-6-8-17;/h4-11,14H,12-13H2,1-3H3,(H2,22,23,24);1H. The third-order valence-electron chi connectivity index (χ3n) is 4.18. The highest BCUT2D eigenvalue weighted by molar-refractivity contribution is 14.0. The van der Waals surface area contributed by atoms with E-state index in [1.807, 2.05) is 30.3 Å². The molecule has 3 rings (SSSR count). The van der Waals surface area contributed by atoms with Crippen molar-refractivity contribution in [2.45, 2.75) is 26.9 Å². The zero-order valence-corrected chi connectivity index (χ0v) is 18.2. The largest absolute Gasteiger partial charge is 0.444 e. The molecule has 1 heterocycles. The van der Waals surface area contributed by atoms with Crippen LogP contribution in [0.25, 0.3) is 11.5 Å². The second-order valence-corrected chi connectivity index (χ2v) is 6.22. The van der Waals surface area contributed by atoms with Gasteiger partial charge in [0.05, 0.1) is 12.2 Å². The summed E-state index contributed by atoms with van der Waals surface area (Å²) in [6, 6.07) is 16.3. The van der Waals surface area contributed by atoms with Crippen LogP contribution in [-0.4, -0.2) is 18.0 Å². The number of hydrogen-bond acceptors (Lipinski definition) is 3. The summed E-state index contributed by atoms with van der Waals surface area (Å²) in [5.74, 6) is 1.36. The van der Waals surface area contributed by atoms with Crippen LogP contribution in [0.5, 0.6) is 0 Å². The molecule has 0 saturated heterocycles. The lowest BCUT2D eigenvalue weighted by atomic mass is 10.1. The molecule has 0 bridgehead atoms. The van der Waals surface area contributed by atoms with Crippen LogP contribution in [0.4, 0.5) is 0 Å². The Morgan fingerprint density at radius 1 is 1.04 bits per heavy atom. The number of aromatic nitrogens is 1.